The molecule has 1 fully saturated rings. The Balaban J connectivity index is 2.09. The molecule has 0 bridgehead atoms. The Bertz CT molecular complexity index is 168. The van der Waals surface area contributed by atoms with Crippen molar-refractivity contribution in [2.45, 2.75) is 25.3 Å². The quantitative estimate of drug-likeness (QED) is 0.617. The molecule has 0 saturated carbocycles. The topological polar surface area (TPSA) is 44.7 Å². The first kappa shape index (κ1) is 12.9. The lowest BCUT2D eigenvalue weighted by molar-refractivity contribution is 0.0608. The monoisotopic (exact) mass is 216 g/mol. The summed E-state index contributed by atoms with van der Waals surface area (Å²) in [6, 6.07) is 0. The molecule has 1 saturated heterocycles. The summed E-state index contributed by atoms with van der Waals surface area (Å²) in [6.07, 6.45) is 2.40. The number of nitrogens with zero attached hydrogens (tertiary/aromatic N) is 1. The van der Waals surface area contributed by atoms with Crippen molar-refractivity contribution in [2.24, 2.45) is 0 Å². The third-order valence-electron chi connectivity index (χ3n) is 3.35. The smallest absolute Gasteiger partial charge is 0.0698 e. The Morgan fingerprint density at radius 2 is 2.00 bits per heavy atom. The normalized spacial score (nSPS) is 21.8. The first-order valence-corrected chi connectivity index (χ1v) is 5.80. The van der Waals surface area contributed by atoms with Crippen molar-refractivity contribution >= 4 is 0 Å². The van der Waals surface area contributed by atoms with Crippen LogP contribution in [0.2, 0.25) is 0 Å². The molecule has 15 heavy (non-hydrogen) atoms. The summed E-state index contributed by atoms with van der Waals surface area (Å²) in [7, 11) is 2.04. The minimum Gasteiger partial charge on any atom is -0.394 e. The van der Waals surface area contributed by atoms with Crippen molar-refractivity contribution < 1.29 is 9.84 Å². The van der Waals surface area contributed by atoms with Crippen molar-refractivity contribution in [3.05, 3.63) is 0 Å². The predicted molar refractivity (Wildman–Crippen MR) is 61.0 cm³/mol. The van der Waals surface area contributed by atoms with Gasteiger partial charge in [0, 0.05) is 12.1 Å². The number of nitrogens with one attached hydrogen (secondary N) is 1. The SMILES string of the molecule is CNC1(C)CCN(CCOCCO)CC1. The summed E-state index contributed by atoms with van der Waals surface area (Å²) in [4.78, 5) is 2.43. The van der Waals surface area contributed by atoms with Crippen molar-refractivity contribution in [3.8, 4) is 0 Å². The molecule has 1 heterocycles. The summed E-state index contributed by atoms with van der Waals surface area (Å²) < 4.78 is 5.26. The number of rotatable bonds is 6. The van der Waals surface area contributed by atoms with Gasteiger partial charge in [-0.15, -0.1) is 0 Å². The van der Waals surface area contributed by atoms with Gasteiger partial charge in [-0.25, -0.2) is 0 Å². The van der Waals surface area contributed by atoms with Gasteiger partial charge in [0.05, 0.1) is 19.8 Å². The third kappa shape index (κ3) is 4.47. The highest BCUT2D eigenvalue weighted by Gasteiger charge is 2.27. The van der Waals surface area contributed by atoms with Gasteiger partial charge in [0.1, 0.15) is 0 Å². The van der Waals surface area contributed by atoms with Gasteiger partial charge in [0.15, 0.2) is 0 Å². The zero-order valence-corrected chi connectivity index (χ0v) is 9.96. The van der Waals surface area contributed by atoms with Gasteiger partial charge in [-0.2, -0.15) is 0 Å². The van der Waals surface area contributed by atoms with E-state index in [0.717, 1.165) is 26.2 Å². The molecule has 1 aliphatic heterocycles. The Morgan fingerprint density at radius 1 is 1.33 bits per heavy atom. The number of hydrogen-bond donors (Lipinski definition) is 2. The van der Waals surface area contributed by atoms with E-state index in [0.29, 0.717) is 12.1 Å². The molecule has 0 atom stereocenters. The first-order valence-electron chi connectivity index (χ1n) is 5.80. The number of piperidine rings is 1. The molecule has 0 amide bonds. The molecule has 0 spiro atoms. The molecular formula is C11H24N2O2. The van der Waals surface area contributed by atoms with Crippen LogP contribution >= 0.6 is 0 Å². The summed E-state index contributed by atoms with van der Waals surface area (Å²) in [6.45, 7) is 6.86. The van der Waals surface area contributed by atoms with Crippen LogP contribution in [0, 0.1) is 0 Å². The van der Waals surface area contributed by atoms with Gasteiger partial charge >= 0.3 is 0 Å². The van der Waals surface area contributed by atoms with Crippen LogP contribution in [-0.4, -0.2) is 62.0 Å². The van der Waals surface area contributed by atoms with E-state index in [9.17, 15) is 0 Å². The average Bonchev–Trinajstić information content (AvgIpc) is 2.27. The van der Waals surface area contributed by atoms with E-state index in [1.165, 1.54) is 12.8 Å². The van der Waals surface area contributed by atoms with E-state index >= 15 is 0 Å². The second-order valence-electron chi connectivity index (χ2n) is 4.49. The molecule has 0 aromatic heterocycles. The molecule has 0 unspecified atom stereocenters. The second kappa shape index (κ2) is 6.43. The molecule has 0 aromatic carbocycles. The Labute approximate surface area is 92.6 Å². The molecule has 1 rings (SSSR count). The van der Waals surface area contributed by atoms with E-state index in [1.807, 2.05) is 7.05 Å². The lowest BCUT2D eigenvalue weighted by atomic mass is 9.90. The summed E-state index contributed by atoms with van der Waals surface area (Å²) in [5, 5.41) is 11.9. The highest BCUT2D eigenvalue weighted by molar-refractivity contribution is 4.87. The largest absolute Gasteiger partial charge is 0.394 e. The molecule has 0 aromatic rings. The minimum atomic E-state index is 0.123. The van der Waals surface area contributed by atoms with Crippen LogP contribution in [0.1, 0.15) is 19.8 Å². The molecule has 90 valence electrons. The van der Waals surface area contributed by atoms with Gasteiger partial charge in [0.2, 0.25) is 0 Å². The van der Waals surface area contributed by atoms with Gasteiger partial charge in [0.25, 0.3) is 0 Å². The molecule has 1 aliphatic rings. The van der Waals surface area contributed by atoms with E-state index < -0.39 is 0 Å². The standard InChI is InChI=1S/C11H24N2O2/c1-11(12-2)3-5-13(6-4-11)7-9-15-10-8-14/h12,14H,3-10H2,1-2H3. The Hall–Kier alpha value is -0.160. The van der Waals surface area contributed by atoms with Crippen LogP contribution in [0.25, 0.3) is 0 Å². The van der Waals surface area contributed by atoms with E-state index in [4.69, 9.17) is 9.84 Å². The highest BCUT2D eigenvalue weighted by Crippen LogP contribution is 2.20. The van der Waals surface area contributed by atoms with Crippen LogP contribution in [0.3, 0.4) is 0 Å². The fourth-order valence-corrected chi connectivity index (χ4v) is 1.88. The van der Waals surface area contributed by atoms with Crippen LogP contribution in [0.5, 0.6) is 0 Å². The summed E-state index contributed by atoms with van der Waals surface area (Å²) in [5.41, 5.74) is 0.322. The number of ether oxygens (including phenoxy) is 1. The first-order chi connectivity index (χ1) is 7.20. The summed E-state index contributed by atoms with van der Waals surface area (Å²) in [5.74, 6) is 0. The molecular weight excluding hydrogens is 192 g/mol. The predicted octanol–water partition coefficient (Wildman–Crippen LogP) is 0.0692. The zero-order valence-electron chi connectivity index (χ0n) is 9.96. The average molecular weight is 216 g/mol. The lowest BCUT2D eigenvalue weighted by Gasteiger charge is -2.39. The van der Waals surface area contributed by atoms with Crippen LogP contribution < -0.4 is 5.32 Å². The summed E-state index contributed by atoms with van der Waals surface area (Å²) >= 11 is 0. The van der Waals surface area contributed by atoms with Gasteiger partial charge < -0.3 is 20.1 Å². The number of aliphatic hydroxyl groups is 1. The lowest BCUT2D eigenvalue weighted by Crippen LogP contribution is -2.50. The second-order valence-corrected chi connectivity index (χ2v) is 4.49. The number of likely N-dealkylation sites (tertiary alicyclic amines) is 1. The third-order valence-corrected chi connectivity index (χ3v) is 3.35. The zero-order chi connectivity index (χ0) is 11.1. The van der Waals surface area contributed by atoms with E-state index in [2.05, 4.69) is 17.1 Å². The fourth-order valence-electron chi connectivity index (χ4n) is 1.88. The molecule has 0 aliphatic carbocycles. The van der Waals surface area contributed by atoms with Crippen LogP contribution in [-0.2, 0) is 4.74 Å². The highest BCUT2D eigenvalue weighted by atomic mass is 16.5. The maximum atomic E-state index is 8.56. The number of aliphatic hydroxyl groups excluding tert-OH is 1. The molecule has 2 N–H and O–H groups in total. The molecule has 0 radical (unpaired) electrons. The van der Waals surface area contributed by atoms with Gasteiger partial charge in [-0.3, -0.25) is 0 Å². The fraction of sp³-hybridized carbons (Fsp3) is 1.00. The van der Waals surface area contributed by atoms with Crippen molar-refractivity contribution in [3.63, 3.8) is 0 Å². The maximum Gasteiger partial charge on any atom is 0.0698 e. The van der Waals surface area contributed by atoms with Crippen molar-refractivity contribution in [1.82, 2.24) is 10.2 Å². The molecule has 4 nitrogen and oxygen atoms in total. The minimum absolute atomic E-state index is 0.123. The number of hydrogen-bond acceptors (Lipinski definition) is 4. The van der Waals surface area contributed by atoms with Crippen LogP contribution in [0.15, 0.2) is 0 Å². The maximum absolute atomic E-state index is 8.56. The van der Waals surface area contributed by atoms with E-state index in [-0.39, 0.29) is 6.61 Å². The van der Waals surface area contributed by atoms with Gasteiger partial charge in [-0.1, -0.05) is 0 Å². The van der Waals surface area contributed by atoms with Crippen molar-refractivity contribution in [2.75, 3.05) is 46.5 Å². The molecule has 4 heteroatoms. The van der Waals surface area contributed by atoms with Crippen molar-refractivity contribution in [1.29, 1.82) is 0 Å². The van der Waals surface area contributed by atoms with Gasteiger partial charge in [-0.05, 0) is 39.9 Å². The van der Waals surface area contributed by atoms with Crippen LogP contribution in [0.4, 0.5) is 0 Å². The van der Waals surface area contributed by atoms with E-state index in [1.54, 1.807) is 0 Å². The Kier molecular flexibility index (Phi) is 5.53. The Morgan fingerprint density at radius 3 is 2.53 bits per heavy atom.